The highest BCUT2D eigenvalue weighted by molar-refractivity contribution is 5.64. The van der Waals surface area contributed by atoms with Crippen molar-refractivity contribution in [2.24, 2.45) is 0 Å². The van der Waals surface area contributed by atoms with Crippen molar-refractivity contribution in [3.63, 3.8) is 0 Å². The van der Waals surface area contributed by atoms with Crippen LogP contribution in [0.25, 0.3) is 5.69 Å². The second kappa shape index (κ2) is 8.14. The number of benzene rings is 2. The first-order valence-corrected chi connectivity index (χ1v) is 9.24. The number of nitrogens with one attached hydrogen (secondary N) is 1. The van der Waals surface area contributed by atoms with E-state index in [4.69, 9.17) is 4.74 Å². The lowest BCUT2D eigenvalue weighted by molar-refractivity contribution is 0.00357. The maximum atomic E-state index is 13.4. The van der Waals surface area contributed by atoms with Crippen LogP contribution in [0, 0.1) is 18.6 Å². The number of aliphatic hydroxyl groups excluding tert-OH is 1. The first kappa shape index (κ1) is 19.3. The molecule has 1 saturated heterocycles. The van der Waals surface area contributed by atoms with Gasteiger partial charge in [0.1, 0.15) is 18.0 Å². The Labute approximate surface area is 166 Å². The minimum atomic E-state index is -0.681. The molecule has 0 bridgehead atoms. The Kier molecular flexibility index (Phi) is 5.41. The van der Waals surface area contributed by atoms with Crippen LogP contribution >= 0.6 is 0 Å². The smallest absolute Gasteiger partial charge is 0.246 e. The average molecular weight is 401 g/mol. The van der Waals surface area contributed by atoms with Gasteiger partial charge in [-0.3, -0.25) is 0 Å². The van der Waals surface area contributed by atoms with E-state index in [2.05, 4.69) is 26.4 Å². The van der Waals surface area contributed by atoms with Gasteiger partial charge in [0.2, 0.25) is 5.95 Å². The van der Waals surface area contributed by atoms with Gasteiger partial charge in [0, 0.05) is 30.5 Å². The van der Waals surface area contributed by atoms with Gasteiger partial charge in [-0.2, -0.15) is 4.98 Å². The van der Waals surface area contributed by atoms with Crippen LogP contribution in [0.1, 0.15) is 5.56 Å². The van der Waals surface area contributed by atoms with E-state index in [1.807, 2.05) is 19.1 Å². The molecule has 0 radical (unpaired) electrons. The summed E-state index contributed by atoms with van der Waals surface area (Å²) in [6.07, 6.45) is 1.19. The molecule has 7 nitrogen and oxygen atoms in total. The number of hydrogen-bond donors (Lipinski definition) is 2. The third-order valence-electron chi connectivity index (χ3n) is 4.63. The molecule has 2 N–H and O–H groups in total. The zero-order valence-corrected chi connectivity index (χ0v) is 15.8. The number of anilines is 3. The fraction of sp³-hybridized carbons (Fsp3) is 0.300. The first-order valence-electron chi connectivity index (χ1n) is 9.24. The third-order valence-corrected chi connectivity index (χ3v) is 4.63. The Hall–Kier alpha value is -3.04. The van der Waals surface area contributed by atoms with Crippen molar-refractivity contribution in [3.8, 4) is 5.69 Å². The lowest BCUT2D eigenvalue weighted by Gasteiger charge is -2.34. The van der Waals surface area contributed by atoms with E-state index in [1.54, 1.807) is 0 Å². The van der Waals surface area contributed by atoms with Crippen molar-refractivity contribution in [2.75, 3.05) is 36.5 Å². The van der Waals surface area contributed by atoms with Gasteiger partial charge in [0.25, 0.3) is 0 Å². The molecular weight excluding hydrogens is 380 g/mol. The number of aromatic nitrogens is 3. The molecule has 1 aliphatic rings. The predicted octanol–water partition coefficient (Wildman–Crippen LogP) is 2.80. The number of aliphatic hydroxyl groups is 1. The molecule has 1 aromatic heterocycles. The molecule has 3 aromatic rings. The summed E-state index contributed by atoms with van der Waals surface area (Å²) in [5.41, 5.74) is 3.08. The Morgan fingerprint density at radius 3 is 2.69 bits per heavy atom. The van der Waals surface area contributed by atoms with Gasteiger partial charge in [0.15, 0.2) is 0 Å². The van der Waals surface area contributed by atoms with Gasteiger partial charge >= 0.3 is 0 Å². The molecule has 1 aliphatic heterocycles. The topological polar surface area (TPSA) is 75.4 Å². The minimum Gasteiger partial charge on any atom is -0.394 e. The van der Waals surface area contributed by atoms with E-state index < -0.39 is 11.6 Å². The molecule has 0 saturated carbocycles. The van der Waals surface area contributed by atoms with Gasteiger partial charge in [0.05, 0.1) is 25.0 Å². The van der Waals surface area contributed by atoms with Crippen LogP contribution in [-0.2, 0) is 4.74 Å². The third kappa shape index (κ3) is 4.52. The fourth-order valence-electron chi connectivity index (χ4n) is 3.33. The van der Waals surface area contributed by atoms with Crippen molar-refractivity contribution in [1.29, 1.82) is 0 Å². The fourth-order valence-corrected chi connectivity index (χ4v) is 3.33. The van der Waals surface area contributed by atoms with Gasteiger partial charge in [-0.15, -0.1) is 5.10 Å². The van der Waals surface area contributed by atoms with Gasteiger partial charge in [-0.1, -0.05) is 0 Å². The first-order chi connectivity index (χ1) is 14.0. The van der Waals surface area contributed by atoms with E-state index in [0.717, 1.165) is 29.5 Å². The van der Waals surface area contributed by atoms with Gasteiger partial charge in [-0.05, 0) is 42.8 Å². The maximum absolute atomic E-state index is 13.4. The Morgan fingerprint density at radius 2 is 1.93 bits per heavy atom. The number of aryl methyl sites for hydroxylation is 1. The molecule has 1 fully saturated rings. The lowest BCUT2D eigenvalue weighted by Crippen LogP contribution is -2.44. The molecule has 0 amide bonds. The predicted molar refractivity (Wildman–Crippen MR) is 105 cm³/mol. The largest absolute Gasteiger partial charge is 0.394 e. The van der Waals surface area contributed by atoms with Crippen LogP contribution < -0.4 is 10.2 Å². The standard InChI is InChI=1S/C20H21F2N5O2/c1-13-4-16(9-17(5-13)26-2-3-29-19(10-26)11-28)24-20-23-12-27(25-20)18-7-14(21)6-15(22)8-18/h4-9,12,19,28H,2-3,10-11H2,1H3,(H,24,25). The summed E-state index contributed by atoms with van der Waals surface area (Å²) in [5, 5.41) is 16.7. The number of ether oxygens (including phenoxy) is 1. The van der Waals surface area contributed by atoms with E-state index in [0.29, 0.717) is 19.1 Å². The average Bonchev–Trinajstić information content (AvgIpc) is 3.15. The highest BCUT2D eigenvalue weighted by Crippen LogP contribution is 2.26. The zero-order chi connectivity index (χ0) is 20.4. The van der Waals surface area contributed by atoms with Crippen LogP contribution in [-0.4, -0.2) is 52.3 Å². The number of hydrogen-bond acceptors (Lipinski definition) is 6. The quantitative estimate of drug-likeness (QED) is 0.685. The molecule has 0 aliphatic carbocycles. The summed E-state index contributed by atoms with van der Waals surface area (Å²) in [4.78, 5) is 6.33. The molecule has 1 atom stereocenters. The number of halogens is 2. The van der Waals surface area contributed by atoms with Crippen LogP contribution in [0.2, 0.25) is 0 Å². The zero-order valence-electron chi connectivity index (χ0n) is 15.8. The Morgan fingerprint density at radius 1 is 1.14 bits per heavy atom. The summed E-state index contributed by atoms with van der Waals surface area (Å²) in [7, 11) is 0. The number of rotatable bonds is 5. The van der Waals surface area contributed by atoms with Crippen LogP contribution in [0.3, 0.4) is 0 Å². The summed E-state index contributed by atoms with van der Waals surface area (Å²) >= 11 is 0. The molecule has 1 unspecified atom stereocenters. The SMILES string of the molecule is Cc1cc(Nc2ncn(-c3cc(F)cc(F)c3)n2)cc(N2CCOC(CO)C2)c1. The molecule has 4 rings (SSSR count). The van der Waals surface area contributed by atoms with Crippen molar-refractivity contribution < 1.29 is 18.6 Å². The number of morpholine rings is 1. The molecule has 0 spiro atoms. The molecule has 152 valence electrons. The second-order valence-corrected chi connectivity index (χ2v) is 6.94. The van der Waals surface area contributed by atoms with E-state index in [9.17, 15) is 13.9 Å². The normalized spacial score (nSPS) is 16.8. The summed E-state index contributed by atoms with van der Waals surface area (Å²) in [6.45, 7) is 3.86. The molecule has 2 aromatic carbocycles. The minimum absolute atomic E-state index is 0.0184. The highest BCUT2D eigenvalue weighted by Gasteiger charge is 2.20. The van der Waals surface area contributed by atoms with Crippen LogP contribution in [0.4, 0.5) is 26.1 Å². The molecule has 29 heavy (non-hydrogen) atoms. The van der Waals surface area contributed by atoms with Crippen molar-refractivity contribution in [1.82, 2.24) is 14.8 Å². The highest BCUT2D eigenvalue weighted by atomic mass is 19.1. The lowest BCUT2D eigenvalue weighted by atomic mass is 10.1. The Bertz CT molecular complexity index is 990. The summed E-state index contributed by atoms with van der Waals surface area (Å²) < 4.78 is 33.7. The second-order valence-electron chi connectivity index (χ2n) is 6.94. The van der Waals surface area contributed by atoms with Crippen LogP contribution in [0.15, 0.2) is 42.7 Å². The summed E-state index contributed by atoms with van der Waals surface area (Å²) in [5.74, 6) is -1.05. The van der Waals surface area contributed by atoms with E-state index >= 15 is 0 Å². The van der Waals surface area contributed by atoms with Crippen molar-refractivity contribution >= 4 is 17.3 Å². The van der Waals surface area contributed by atoms with E-state index in [-0.39, 0.29) is 18.4 Å². The van der Waals surface area contributed by atoms with Crippen LogP contribution in [0.5, 0.6) is 0 Å². The van der Waals surface area contributed by atoms with Crippen molar-refractivity contribution in [3.05, 3.63) is 59.9 Å². The maximum Gasteiger partial charge on any atom is 0.246 e. The van der Waals surface area contributed by atoms with Gasteiger partial charge < -0.3 is 20.1 Å². The van der Waals surface area contributed by atoms with Crippen molar-refractivity contribution in [2.45, 2.75) is 13.0 Å². The van der Waals surface area contributed by atoms with E-state index in [1.165, 1.54) is 23.1 Å². The molecule has 9 heteroatoms. The Balaban J connectivity index is 1.54. The molecule has 2 heterocycles. The van der Waals surface area contributed by atoms with Gasteiger partial charge in [-0.25, -0.2) is 13.5 Å². The number of nitrogens with zero attached hydrogens (tertiary/aromatic N) is 4. The monoisotopic (exact) mass is 401 g/mol. The summed E-state index contributed by atoms with van der Waals surface area (Å²) in [6, 6.07) is 9.16. The molecular formula is C20H21F2N5O2.